The standard InChI is InChI=1S/C20H26FN3O/c1-22-16-6-8-17(9-7-16)24-13-15-12-14(5-10-19(15)25-2)18-4-3-11-23-20(18)21/h3-5,10-12,16-17,22,24H,6-9,13H2,1-2H3. The van der Waals surface area contributed by atoms with Gasteiger partial charge in [0.15, 0.2) is 0 Å². The van der Waals surface area contributed by atoms with Crippen LogP contribution in [0.2, 0.25) is 0 Å². The summed E-state index contributed by atoms with van der Waals surface area (Å²) in [6, 6.07) is 10.4. The molecule has 4 nitrogen and oxygen atoms in total. The van der Waals surface area contributed by atoms with Gasteiger partial charge in [0.2, 0.25) is 5.95 Å². The molecule has 0 spiro atoms. The Morgan fingerprint density at radius 2 is 1.92 bits per heavy atom. The molecule has 3 rings (SSSR count). The fourth-order valence-electron chi connectivity index (χ4n) is 3.53. The molecule has 134 valence electrons. The van der Waals surface area contributed by atoms with Crippen molar-refractivity contribution >= 4 is 0 Å². The van der Waals surface area contributed by atoms with Crippen LogP contribution in [0.3, 0.4) is 0 Å². The number of halogens is 1. The molecule has 0 atom stereocenters. The molecular formula is C20H26FN3O. The van der Waals surface area contributed by atoms with E-state index in [-0.39, 0.29) is 0 Å². The summed E-state index contributed by atoms with van der Waals surface area (Å²) in [5.41, 5.74) is 2.38. The first-order valence-corrected chi connectivity index (χ1v) is 8.89. The Morgan fingerprint density at radius 1 is 1.16 bits per heavy atom. The second-order valence-electron chi connectivity index (χ2n) is 6.59. The highest BCUT2D eigenvalue weighted by atomic mass is 19.1. The number of hydrogen-bond acceptors (Lipinski definition) is 4. The van der Waals surface area contributed by atoms with Crippen molar-refractivity contribution in [3.8, 4) is 16.9 Å². The van der Waals surface area contributed by atoms with E-state index in [1.807, 2.05) is 25.2 Å². The molecule has 2 aromatic rings. The first-order chi connectivity index (χ1) is 12.2. The van der Waals surface area contributed by atoms with Crippen LogP contribution in [0.15, 0.2) is 36.5 Å². The highest BCUT2D eigenvalue weighted by Gasteiger charge is 2.20. The summed E-state index contributed by atoms with van der Waals surface area (Å²) in [5, 5.41) is 6.99. The molecule has 0 amide bonds. The van der Waals surface area contributed by atoms with Crippen LogP contribution in [0, 0.1) is 5.95 Å². The van der Waals surface area contributed by atoms with Crippen LogP contribution < -0.4 is 15.4 Å². The lowest BCUT2D eigenvalue weighted by Crippen LogP contribution is -2.38. The number of rotatable bonds is 6. The van der Waals surface area contributed by atoms with Crippen LogP contribution in [-0.4, -0.2) is 31.2 Å². The number of nitrogens with zero attached hydrogens (tertiary/aromatic N) is 1. The van der Waals surface area contributed by atoms with E-state index in [1.54, 1.807) is 19.2 Å². The maximum absolute atomic E-state index is 14.0. The Kier molecular flexibility index (Phi) is 6.00. The lowest BCUT2D eigenvalue weighted by atomic mass is 9.91. The molecule has 1 saturated carbocycles. The Morgan fingerprint density at radius 3 is 2.60 bits per heavy atom. The molecule has 1 aromatic carbocycles. The summed E-state index contributed by atoms with van der Waals surface area (Å²) >= 11 is 0. The maximum atomic E-state index is 14.0. The van der Waals surface area contributed by atoms with Crippen LogP contribution in [0.1, 0.15) is 31.2 Å². The van der Waals surface area contributed by atoms with Gasteiger partial charge in [-0.05, 0) is 62.6 Å². The van der Waals surface area contributed by atoms with Gasteiger partial charge in [0.1, 0.15) is 5.75 Å². The zero-order chi connectivity index (χ0) is 17.6. The van der Waals surface area contributed by atoms with E-state index in [0.29, 0.717) is 24.2 Å². The molecule has 2 N–H and O–H groups in total. The molecule has 0 saturated heterocycles. The van der Waals surface area contributed by atoms with E-state index >= 15 is 0 Å². The summed E-state index contributed by atoms with van der Waals surface area (Å²) in [6.07, 6.45) is 6.21. The Bertz CT molecular complexity index is 699. The third kappa shape index (κ3) is 4.35. The van der Waals surface area contributed by atoms with Crippen molar-refractivity contribution in [1.82, 2.24) is 15.6 Å². The van der Waals surface area contributed by atoms with Crippen LogP contribution in [0.5, 0.6) is 5.75 Å². The van der Waals surface area contributed by atoms with Gasteiger partial charge in [-0.1, -0.05) is 6.07 Å². The molecule has 1 heterocycles. The summed E-state index contributed by atoms with van der Waals surface area (Å²) in [7, 11) is 3.70. The zero-order valence-electron chi connectivity index (χ0n) is 14.9. The SMILES string of the molecule is CNC1CCC(NCc2cc(-c3cccnc3F)ccc2OC)CC1. The van der Waals surface area contributed by atoms with Crippen LogP contribution >= 0.6 is 0 Å². The van der Waals surface area contributed by atoms with E-state index in [1.165, 1.54) is 31.9 Å². The van der Waals surface area contributed by atoms with Gasteiger partial charge < -0.3 is 15.4 Å². The average Bonchev–Trinajstić information content (AvgIpc) is 2.67. The smallest absolute Gasteiger partial charge is 0.220 e. The summed E-state index contributed by atoms with van der Waals surface area (Å²) < 4.78 is 19.5. The predicted octanol–water partition coefficient (Wildman–Crippen LogP) is 3.52. The summed E-state index contributed by atoms with van der Waals surface area (Å²) in [5.74, 6) is 0.376. The zero-order valence-corrected chi connectivity index (χ0v) is 14.9. The van der Waals surface area contributed by atoms with Gasteiger partial charge in [0, 0.05) is 36.0 Å². The quantitative estimate of drug-likeness (QED) is 0.788. The number of nitrogens with one attached hydrogen (secondary N) is 2. The average molecular weight is 343 g/mol. The molecular weight excluding hydrogens is 317 g/mol. The van der Waals surface area contributed by atoms with E-state index in [2.05, 4.69) is 15.6 Å². The monoisotopic (exact) mass is 343 g/mol. The summed E-state index contributed by atoms with van der Waals surface area (Å²) in [4.78, 5) is 3.74. The molecule has 25 heavy (non-hydrogen) atoms. The van der Waals surface area contributed by atoms with Gasteiger partial charge in [0.25, 0.3) is 0 Å². The molecule has 0 radical (unpaired) electrons. The molecule has 5 heteroatoms. The number of methoxy groups -OCH3 is 1. The van der Waals surface area contributed by atoms with Crippen molar-refractivity contribution in [1.29, 1.82) is 0 Å². The molecule has 1 aromatic heterocycles. The first-order valence-electron chi connectivity index (χ1n) is 8.89. The fourth-order valence-corrected chi connectivity index (χ4v) is 3.53. The Hall–Kier alpha value is -1.98. The third-order valence-corrected chi connectivity index (χ3v) is 5.07. The van der Waals surface area contributed by atoms with Crippen molar-refractivity contribution in [3.05, 3.63) is 48.0 Å². The highest BCUT2D eigenvalue weighted by Crippen LogP contribution is 2.28. The van der Waals surface area contributed by atoms with E-state index in [9.17, 15) is 4.39 Å². The second kappa shape index (κ2) is 8.41. The number of hydrogen-bond donors (Lipinski definition) is 2. The highest BCUT2D eigenvalue weighted by molar-refractivity contribution is 5.65. The van der Waals surface area contributed by atoms with Crippen molar-refractivity contribution < 1.29 is 9.13 Å². The molecule has 1 aliphatic carbocycles. The Labute approximate surface area is 148 Å². The van der Waals surface area contributed by atoms with E-state index in [0.717, 1.165) is 16.9 Å². The summed E-state index contributed by atoms with van der Waals surface area (Å²) in [6.45, 7) is 0.716. The van der Waals surface area contributed by atoms with Gasteiger partial charge in [-0.15, -0.1) is 0 Å². The van der Waals surface area contributed by atoms with E-state index in [4.69, 9.17) is 4.74 Å². The lowest BCUT2D eigenvalue weighted by molar-refractivity contribution is 0.315. The van der Waals surface area contributed by atoms with Gasteiger partial charge in [-0.2, -0.15) is 4.39 Å². The van der Waals surface area contributed by atoms with Gasteiger partial charge in [0.05, 0.1) is 7.11 Å². The van der Waals surface area contributed by atoms with E-state index < -0.39 is 5.95 Å². The lowest BCUT2D eigenvalue weighted by Gasteiger charge is -2.29. The van der Waals surface area contributed by atoms with Crippen molar-refractivity contribution in [3.63, 3.8) is 0 Å². The van der Waals surface area contributed by atoms with Crippen LogP contribution in [0.25, 0.3) is 11.1 Å². The van der Waals surface area contributed by atoms with Crippen molar-refractivity contribution in [2.75, 3.05) is 14.2 Å². The normalized spacial score (nSPS) is 20.4. The third-order valence-electron chi connectivity index (χ3n) is 5.07. The number of pyridine rings is 1. The molecule has 1 fully saturated rings. The minimum Gasteiger partial charge on any atom is -0.496 e. The van der Waals surface area contributed by atoms with Crippen molar-refractivity contribution in [2.24, 2.45) is 0 Å². The first kappa shape index (κ1) is 17.8. The largest absolute Gasteiger partial charge is 0.496 e. The predicted molar refractivity (Wildman–Crippen MR) is 98.1 cm³/mol. The number of ether oxygens (including phenoxy) is 1. The topological polar surface area (TPSA) is 46.2 Å². The maximum Gasteiger partial charge on any atom is 0.220 e. The molecule has 0 bridgehead atoms. The van der Waals surface area contributed by atoms with Crippen molar-refractivity contribution in [2.45, 2.75) is 44.3 Å². The fraction of sp³-hybridized carbons (Fsp3) is 0.450. The molecule has 1 aliphatic rings. The minimum absolute atomic E-state index is 0.447. The van der Waals surface area contributed by atoms with Gasteiger partial charge in [-0.25, -0.2) is 4.98 Å². The second-order valence-corrected chi connectivity index (χ2v) is 6.59. The molecule has 0 unspecified atom stereocenters. The minimum atomic E-state index is -0.447. The van der Waals surface area contributed by atoms with Gasteiger partial charge >= 0.3 is 0 Å². The number of aromatic nitrogens is 1. The van der Waals surface area contributed by atoms with Crippen LogP contribution in [-0.2, 0) is 6.54 Å². The number of benzene rings is 1. The van der Waals surface area contributed by atoms with Gasteiger partial charge in [-0.3, -0.25) is 0 Å². The molecule has 0 aliphatic heterocycles. The van der Waals surface area contributed by atoms with Crippen LogP contribution in [0.4, 0.5) is 4.39 Å². The Balaban J connectivity index is 1.72.